The molecule has 25 heavy (non-hydrogen) atoms. The molecule has 0 aliphatic rings. The number of carboxylic acids is 1. The second kappa shape index (κ2) is 8.32. The van der Waals surface area contributed by atoms with E-state index < -0.39 is 17.9 Å². The number of furan rings is 1. The third-order valence-electron chi connectivity index (χ3n) is 3.39. The first kappa shape index (κ1) is 18.5. The Labute approximate surface area is 144 Å². The van der Waals surface area contributed by atoms with E-state index in [2.05, 4.69) is 5.32 Å². The van der Waals surface area contributed by atoms with Gasteiger partial charge in [0.25, 0.3) is 5.91 Å². The lowest BCUT2D eigenvalue weighted by Gasteiger charge is -2.15. The van der Waals surface area contributed by atoms with Crippen LogP contribution in [0.1, 0.15) is 36.6 Å². The number of carbonyl (C=O) groups is 2. The first-order chi connectivity index (χ1) is 11.8. The van der Waals surface area contributed by atoms with Gasteiger partial charge in [0.15, 0.2) is 5.76 Å². The van der Waals surface area contributed by atoms with E-state index in [1.165, 1.54) is 30.3 Å². The summed E-state index contributed by atoms with van der Waals surface area (Å²) in [6.45, 7) is 3.81. The lowest BCUT2D eigenvalue weighted by molar-refractivity contribution is -0.139. The number of rotatable bonds is 8. The van der Waals surface area contributed by atoms with E-state index >= 15 is 0 Å². The zero-order chi connectivity index (χ0) is 18.4. The number of amides is 1. The summed E-state index contributed by atoms with van der Waals surface area (Å²) in [6, 6.07) is 7.55. The third kappa shape index (κ3) is 5.63. The lowest BCUT2D eigenvalue weighted by atomic mass is 10.0. The fourth-order valence-electron chi connectivity index (χ4n) is 2.19. The molecule has 0 radical (unpaired) electrons. The van der Waals surface area contributed by atoms with Gasteiger partial charge in [-0.1, -0.05) is 13.8 Å². The minimum atomic E-state index is -1.09. The van der Waals surface area contributed by atoms with Gasteiger partial charge in [-0.15, -0.1) is 0 Å². The summed E-state index contributed by atoms with van der Waals surface area (Å²) in [6.07, 6.45) is 0.322. The van der Waals surface area contributed by atoms with Gasteiger partial charge in [0.2, 0.25) is 0 Å². The topological polar surface area (TPSA) is 88.8 Å². The van der Waals surface area contributed by atoms with Gasteiger partial charge in [-0.25, -0.2) is 9.18 Å². The second-order valence-corrected chi connectivity index (χ2v) is 6.00. The quantitative estimate of drug-likeness (QED) is 0.764. The van der Waals surface area contributed by atoms with Gasteiger partial charge in [-0.2, -0.15) is 0 Å². The molecule has 1 aromatic heterocycles. The van der Waals surface area contributed by atoms with Crippen LogP contribution in [0.25, 0.3) is 0 Å². The van der Waals surface area contributed by atoms with Crippen molar-refractivity contribution in [3.05, 3.63) is 53.7 Å². The van der Waals surface area contributed by atoms with Crippen molar-refractivity contribution in [1.82, 2.24) is 5.32 Å². The van der Waals surface area contributed by atoms with E-state index in [4.69, 9.17) is 14.3 Å². The van der Waals surface area contributed by atoms with Crippen molar-refractivity contribution in [3.8, 4) is 5.75 Å². The van der Waals surface area contributed by atoms with E-state index in [0.29, 0.717) is 17.9 Å². The molecule has 1 aromatic carbocycles. The van der Waals surface area contributed by atoms with Crippen LogP contribution in [0.4, 0.5) is 4.39 Å². The van der Waals surface area contributed by atoms with Gasteiger partial charge >= 0.3 is 5.97 Å². The molecule has 1 amide bonds. The van der Waals surface area contributed by atoms with Crippen LogP contribution in [0.3, 0.4) is 0 Å². The van der Waals surface area contributed by atoms with Gasteiger partial charge < -0.3 is 19.6 Å². The predicted octanol–water partition coefficient (Wildman–Crippen LogP) is 3.23. The van der Waals surface area contributed by atoms with Crippen LogP contribution in [0.5, 0.6) is 5.75 Å². The molecule has 2 aromatic rings. The van der Waals surface area contributed by atoms with Crippen molar-refractivity contribution in [2.75, 3.05) is 0 Å². The third-order valence-corrected chi connectivity index (χ3v) is 3.39. The maximum absolute atomic E-state index is 12.8. The van der Waals surface area contributed by atoms with Crippen LogP contribution in [0.2, 0.25) is 0 Å². The summed E-state index contributed by atoms with van der Waals surface area (Å²) in [5.74, 6) is -1.06. The maximum atomic E-state index is 12.8. The maximum Gasteiger partial charge on any atom is 0.326 e. The van der Waals surface area contributed by atoms with Crippen molar-refractivity contribution >= 4 is 11.9 Å². The lowest BCUT2D eigenvalue weighted by Crippen LogP contribution is -2.41. The molecular weight excluding hydrogens is 329 g/mol. The molecule has 7 heteroatoms. The molecule has 0 spiro atoms. The summed E-state index contributed by atoms with van der Waals surface area (Å²) >= 11 is 0. The Morgan fingerprint density at radius 2 is 1.88 bits per heavy atom. The molecule has 2 N–H and O–H groups in total. The molecule has 134 valence electrons. The van der Waals surface area contributed by atoms with Crippen LogP contribution < -0.4 is 10.1 Å². The minimum Gasteiger partial charge on any atom is -0.486 e. The number of hydrogen-bond donors (Lipinski definition) is 2. The Balaban J connectivity index is 1.93. The van der Waals surface area contributed by atoms with Gasteiger partial charge in [0, 0.05) is 0 Å². The van der Waals surface area contributed by atoms with Crippen LogP contribution in [-0.2, 0) is 11.4 Å². The van der Waals surface area contributed by atoms with Gasteiger partial charge in [-0.05, 0) is 48.7 Å². The molecule has 0 unspecified atom stereocenters. The molecule has 0 aliphatic carbocycles. The highest BCUT2D eigenvalue weighted by Gasteiger charge is 2.23. The number of halogens is 1. The van der Waals surface area contributed by atoms with Crippen LogP contribution >= 0.6 is 0 Å². The van der Waals surface area contributed by atoms with E-state index in [1.807, 2.05) is 13.8 Å². The van der Waals surface area contributed by atoms with Crippen molar-refractivity contribution in [1.29, 1.82) is 0 Å². The summed E-state index contributed by atoms with van der Waals surface area (Å²) in [4.78, 5) is 23.3. The van der Waals surface area contributed by atoms with E-state index in [1.54, 1.807) is 6.07 Å². The van der Waals surface area contributed by atoms with E-state index in [0.717, 1.165) is 0 Å². The average Bonchev–Trinajstić information content (AvgIpc) is 3.02. The van der Waals surface area contributed by atoms with Gasteiger partial charge in [0.05, 0.1) is 0 Å². The Morgan fingerprint density at radius 1 is 1.20 bits per heavy atom. The highest BCUT2D eigenvalue weighted by atomic mass is 19.1. The highest BCUT2D eigenvalue weighted by Crippen LogP contribution is 2.15. The molecule has 0 fully saturated rings. The molecular formula is C18H20FNO5. The Kier molecular flexibility index (Phi) is 6.16. The number of carbonyl (C=O) groups excluding carboxylic acids is 1. The molecule has 1 heterocycles. The van der Waals surface area contributed by atoms with Crippen LogP contribution in [0, 0.1) is 11.7 Å². The van der Waals surface area contributed by atoms with Gasteiger partial charge in [-0.3, -0.25) is 4.79 Å². The Morgan fingerprint density at radius 3 is 2.48 bits per heavy atom. The fraction of sp³-hybridized carbons (Fsp3) is 0.333. The van der Waals surface area contributed by atoms with Gasteiger partial charge in [0.1, 0.15) is 30.0 Å². The molecule has 2 rings (SSSR count). The summed E-state index contributed by atoms with van der Waals surface area (Å²) < 4.78 is 23.6. The first-order valence-corrected chi connectivity index (χ1v) is 7.86. The van der Waals surface area contributed by atoms with Crippen LogP contribution in [-0.4, -0.2) is 23.0 Å². The minimum absolute atomic E-state index is 0.00714. The first-order valence-electron chi connectivity index (χ1n) is 7.86. The summed E-state index contributed by atoms with van der Waals surface area (Å²) in [5.41, 5.74) is 0. The van der Waals surface area contributed by atoms with E-state index in [9.17, 15) is 14.0 Å². The normalized spacial score (nSPS) is 12.0. The Bertz CT molecular complexity index is 723. The smallest absolute Gasteiger partial charge is 0.326 e. The molecule has 0 aliphatic heterocycles. The van der Waals surface area contributed by atoms with Crippen LogP contribution in [0.15, 0.2) is 40.8 Å². The number of aliphatic carboxylic acids is 1. The standard InChI is InChI=1S/C18H20FNO5/c1-11(2)9-15(18(22)23)20-17(21)16-8-7-14(25-16)10-24-13-5-3-12(19)4-6-13/h3-8,11,15H,9-10H2,1-2H3,(H,20,21)(H,22,23)/t15-/m1/s1. The molecule has 0 bridgehead atoms. The number of ether oxygens (including phenoxy) is 1. The monoisotopic (exact) mass is 349 g/mol. The number of benzene rings is 1. The molecule has 0 saturated heterocycles. The van der Waals surface area contributed by atoms with Crippen molar-refractivity contribution in [2.24, 2.45) is 5.92 Å². The summed E-state index contributed by atoms with van der Waals surface area (Å²) in [5, 5.41) is 11.6. The SMILES string of the molecule is CC(C)C[C@@H](NC(=O)c1ccc(COc2ccc(F)cc2)o1)C(=O)O. The molecule has 1 atom stereocenters. The summed E-state index contributed by atoms with van der Waals surface area (Å²) in [7, 11) is 0. The van der Waals surface area contributed by atoms with E-state index in [-0.39, 0.29) is 24.1 Å². The zero-order valence-corrected chi connectivity index (χ0v) is 14.0. The number of nitrogens with one attached hydrogen (secondary N) is 1. The Hall–Kier alpha value is -2.83. The molecule has 0 saturated carbocycles. The zero-order valence-electron chi connectivity index (χ0n) is 14.0. The molecule has 6 nitrogen and oxygen atoms in total. The number of hydrogen-bond acceptors (Lipinski definition) is 4. The second-order valence-electron chi connectivity index (χ2n) is 6.00. The highest BCUT2D eigenvalue weighted by molar-refractivity contribution is 5.94. The van der Waals surface area contributed by atoms with Crippen molar-refractivity contribution in [3.63, 3.8) is 0 Å². The fourth-order valence-corrected chi connectivity index (χ4v) is 2.19. The largest absolute Gasteiger partial charge is 0.486 e. The number of carboxylic acid groups (broad SMARTS) is 1. The average molecular weight is 349 g/mol. The van der Waals surface area contributed by atoms with Crippen molar-refractivity contribution in [2.45, 2.75) is 32.9 Å². The predicted molar refractivity (Wildman–Crippen MR) is 87.8 cm³/mol. The van der Waals surface area contributed by atoms with Crippen molar-refractivity contribution < 1.29 is 28.2 Å².